The van der Waals surface area contributed by atoms with Crippen molar-refractivity contribution >= 4 is 11.0 Å². The Hall–Kier alpha value is -3.46. The lowest BCUT2D eigenvalue weighted by Gasteiger charge is -2.38. The molecular formula is C34H40N4O4. The third-order valence-electron chi connectivity index (χ3n) is 9.45. The largest absolute Gasteiger partial charge is 0.493 e. The first-order valence-electron chi connectivity index (χ1n) is 15.3. The summed E-state index contributed by atoms with van der Waals surface area (Å²) in [5, 5.41) is 8.68. The van der Waals surface area contributed by atoms with E-state index in [2.05, 4.69) is 46.3 Å². The van der Waals surface area contributed by atoms with Gasteiger partial charge in [0.2, 0.25) is 0 Å². The summed E-state index contributed by atoms with van der Waals surface area (Å²) in [4.78, 5) is 7.46. The Morgan fingerprint density at radius 1 is 0.952 bits per heavy atom. The van der Waals surface area contributed by atoms with E-state index in [4.69, 9.17) is 23.9 Å². The smallest absolute Gasteiger partial charge is 0.181 e. The molecule has 0 radical (unpaired) electrons. The first-order valence-corrected chi connectivity index (χ1v) is 15.3. The lowest BCUT2D eigenvalue weighted by molar-refractivity contribution is -0.101. The van der Waals surface area contributed by atoms with Crippen LogP contribution in [0.4, 0.5) is 0 Å². The molecule has 0 spiro atoms. The van der Waals surface area contributed by atoms with Gasteiger partial charge in [0.05, 0.1) is 32.6 Å². The quantitative estimate of drug-likeness (QED) is 0.281. The van der Waals surface area contributed by atoms with Crippen LogP contribution >= 0.6 is 0 Å². The minimum absolute atomic E-state index is 0.0771. The van der Waals surface area contributed by atoms with Gasteiger partial charge in [-0.05, 0) is 99.5 Å². The minimum atomic E-state index is -0.0771. The number of ether oxygens (including phenoxy) is 4. The standard InChI is InChI=1S/C34H40N4O4/c1-34(38-13-3-4-14-38)11-9-23-5-6-24(17-25(23)10-12-34)27-18-29-32(36-37-33(29)35-20-27)26-7-8-30(31(19-26)39-2)42-22-28-21-40-15-16-41-28/h5-8,17-20,28H,3-4,9-16,21-22H2,1-2H3,(H,35,36,37). The van der Waals surface area contributed by atoms with Gasteiger partial charge in [-0.15, -0.1) is 0 Å². The Morgan fingerprint density at radius 3 is 2.60 bits per heavy atom. The summed E-state index contributed by atoms with van der Waals surface area (Å²) in [6.07, 6.45) is 9.27. The average molecular weight is 569 g/mol. The van der Waals surface area contributed by atoms with Gasteiger partial charge in [-0.2, -0.15) is 5.10 Å². The van der Waals surface area contributed by atoms with Crippen LogP contribution in [0.3, 0.4) is 0 Å². The zero-order chi connectivity index (χ0) is 28.5. The number of likely N-dealkylation sites (tertiary alicyclic amines) is 1. The third-order valence-corrected chi connectivity index (χ3v) is 9.45. The van der Waals surface area contributed by atoms with E-state index in [0.29, 0.717) is 49.1 Å². The van der Waals surface area contributed by atoms with Crippen LogP contribution in [-0.4, -0.2) is 78.4 Å². The van der Waals surface area contributed by atoms with Gasteiger partial charge in [-0.1, -0.05) is 18.2 Å². The van der Waals surface area contributed by atoms with Crippen LogP contribution in [0.1, 0.15) is 43.7 Å². The van der Waals surface area contributed by atoms with Gasteiger partial charge in [0, 0.05) is 28.2 Å². The molecule has 3 aliphatic rings. The first-order chi connectivity index (χ1) is 20.6. The van der Waals surface area contributed by atoms with Crippen LogP contribution in [-0.2, 0) is 22.3 Å². The molecule has 4 heterocycles. The van der Waals surface area contributed by atoms with Crippen LogP contribution in [0.2, 0.25) is 0 Å². The van der Waals surface area contributed by atoms with E-state index in [0.717, 1.165) is 35.0 Å². The summed E-state index contributed by atoms with van der Waals surface area (Å²) in [5.74, 6) is 1.33. The first kappa shape index (κ1) is 27.4. The molecule has 42 heavy (non-hydrogen) atoms. The molecular weight excluding hydrogens is 528 g/mol. The van der Waals surface area contributed by atoms with E-state index in [1.54, 1.807) is 7.11 Å². The maximum atomic E-state index is 6.03. The van der Waals surface area contributed by atoms with Gasteiger partial charge in [-0.25, -0.2) is 4.98 Å². The second-order valence-corrected chi connectivity index (χ2v) is 12.1. The lowest BCUT2D eigenvalue weighted by atomic mass is 9.90. The molecule has 1 N–H and O–H groups in total. The second-order valence-electron chi connectivity index (χ2n) is 12.1. The highest BCUT2D eigenvalue weighted by atomic mass is 16.6. The number of aromatic nitrogens is 3. The van der Waals surface area contributed by atoms with Crippen molar-refractivity contribution in [3.05, 3.63) is 59.8 Å². The van der Waals surface area contributed by atoms with Crippen molar-refractivity contribution in [3.63, 3.8) is 0 Å². The van der Waals surface area contributed by atoms with Gasteiger partial charge in [-0.3, -0.25) is 10.00 Å². The van der Waals surface area contributed by atoms with Crippen LogP contribution in [0.5, 0.6) is 11.5 Å². The average Bonchev–Trinajstić information content (AvgIpc) is 3.70. The zero-order valence-electron chi connectivity index (χ0n) is 24.7. The third kappa shape index (κ3) is 5.39. The molecule has 0 amide bonds. The van der Waals surface area contributed by atoms with Crippen LogP contribution in [0.15, 0.2) is 48.7 Å². The van der Waals surface area contributed by atoms with Crippen molar-refractivity contribution in [1.29, 1.82) is 0 Å². The minimum Gasteiger partial charge on any atom is -0.493 e. The number of benzene rings is 2. The normalized spacial score (nSPS) is 23.0. The Kier molecular flexibility index (Phi) is 7.61. The molecule has 2 atom stereocenters. The maximum Gasteiger partial charge on any atom is 0.181 e. The van der Waals surface area contributed by atoms with Crippen molar-refractivity contribution in [1.82, 2.24) is 20.1 Å². The Morgan fingerprint density at radius 2 is 1.79 bits per heavy atom. The number of hydrogen-bond acceptors (Lipinski definition) is 7. The molecule has 2 aromatic heterocycles. The summed E-state index contributed by atoms with van der Waals surface area (Å²) >= 11 is 0. The van der Waals surface area contributed by atoms with Crippen molar-refractivity contribution < 1.29 is 18.9 Å². The van der Waals surface area contributed by atoms with Crippen LogP contribution in [0.25, 0.3) is 33.4 Å². The number of nitrogens with one attached hydrogen (secondary N) is 1. The second kappa shape index (κ2) is 11.7. The number of fused-ring (bicyclic) bond motifs is 2. The maximum absolute atomic E-state index is 6.03. The number of hydrogen-bond donors (Lipinski definition) is 1. The molecule has 0 bridgehead atoms. The zero-order valence-corrected chi connectivity index (χ0v) is 24.7. The molecule has 8 heteroatoms. The molecule has 8 nitrogen and oxygen atoms in total. The number of nitrogens with zero attached hydrogens (tertiary/aromatic N) is 3. The van der Waals surface area contributed by atoms with Gasteiger partial charge in [0.25, 0.3) is 0 Å². The highest BCUT2D eigenvalue weighted by molar-refractivity contribution is 5.93. The number of H-pyrrole nitrogens is 1. The molecule has 7 rings (SSSR count). The van der Waals surface area contributed by atoms with Gasteiger partial charge < -0.3 is 18.9 Å². The van der Waals surface area contributed by atoms with Crippen LogP contribution < -0.4 is 9.47 Å². The highest BCUT2D eigenvalue weighted by Gasteiger charge is 2.35. The Labute approximate surface area is 247 Å². The predicted molar refractivity (Wildman–Crippen MR) is 163 cm³/mol. The number of aromatic amines is 1. The van der Waals surface area contributed by atoms with Crippen molar-refractivity contribution in [2.45, 2.75) is 57.1 Å². The number of aryl methyl sites for hydroxylation is 2. The van der Waals surface area contributed by atoms with E-state index < -0.39 is 0 Å². The molecule has 2 aliphatic heterocycles. The molecule has 220 valence electrons. The van der Waals surface area contributed by atoms with E-state index >= 15 is 0 Å². The van der Waals surface area contributed by atoms with Gasteiger partial charge in [0.1, 0.15) is 12.7 Å². The molecule has 2 saturated heterocycles. The monoisotopic (exact) mass is 568 g/mol. The van der Waals surface area contributed by atoms with E-state index in [9.17, 15) is 0 Å². The van der Waals surface area contributed by atoms with Crippen molar-refractivity contribution in [2.75, 3.05) is 46.6 Å². The fourth-order valence-electron chi connectivity index (χ4n) is 6.82. The number of rotatable bonds is 7. The topological polar surface area (TPSA) is 81.7 Å². The van der Waals surface area contributed by atoms with E-state index in [1.165, 1.54) is 55.5 Å². The van der Waals surface area contributed by atoms with Gasteiger partial charge in [0.15, 0.2) is 17.1 Å². The number of methoxy groups -OCH3 is 1. The molecule has 1 aliphatic carbocycles. The summed E-state index contributed by atoms with van der Waals surface area (Å²) < 4.78 is 22.9. The molecule has 2 unspecified atom stereocenters. The van der Waals surface area contributed by atoms with Crippen molar-refractivity contribution in [2.24, 2.45) is 0 Å². The van der Waals surface area contributed by atoms with Crippen molar-refractivity contribution in [3.8, 4) is 33.9 Å². The fourth-order valence-corrected chi connectivity index (χ4v) is 6.82. The van der Waals surface area contributed by atoms with E-state index in [1.807, 2.05) is 24.4 Å². The Balaban J connectivity index is 1.13. The predicted octanol–water partition coefficient (Wildman–Crippen LogP) is 5.83. The van der Waals surface area contributed by atoms with Crippen LogP contribution in [0, 0.1) is 0 Å². The highest BCUT2D eigenvalue weighted by Crippen LogP contribution is 2.38. The number of pyridine rings is 1. The van der Waals surface area contributed by atoms with E-state index in [-0.39, 0.29) is 6.10 Å². The fraction of sp³-hybridized carbons (Fsp3) is 0.471. The molecule has 2 aromatic carbocycles. The lowest BCUT2D eigenvalue weighted by Crippen LogP contribution is -2.44. The van der Waals surface area contributed by atoms with Gasteiger partial charge >= 0.3 is 0 Å². The summed E-state index contributed by atoms with van der Waals surface area (Å²) in [6.45, 7) is 7.17. The summed E-state index contributed by atoms with van der Waals surface area (Å²) in [7, 11) is 1.66. The Bertz CT molecular complexity index is 1560. The molecule has 4 aromatic rings. The summed E-state index contributed by atoms with van der Waals surface area (Å²) in [5.41, 5.74) is 8.15. The summed E-state index contributed by atoms with van der Waals surface area (Å²) in [6, 6.07) is 15.1. The molecule has 2 fully saturated rings. The molecule has 0 saturated carbocycles. The SMILES string of the molecule is COc1cc(-c2[nH]nc3ncc(-c4ccc5c(c4)CCC(C)(N4CCCC4)CC5)cc23)ccc1OCC1COCCO1.